The fraction of sp³-hybridized carbons (Fsp3) is 0.389. The minimum atomic E-state index is -1.26. The fourth-order valence-electron chi connectivity index (χ4n) is 2.25. The third kappa shape index (κ3) is 5.11. The normalized spacial score (nSPS) is 13.3. The van der Waals surface area contributed by atoms with Crippen LogP contribution in [0.2, 0.25) is 0 Å². The first-order valence-electron chi connectivity index (χ1n) is 7.95. The number of urea groups is 1. The summed E-state index contributed by atoms with van der Waals surface area (Å²) in [4.78, 5) is 12.0. The van der Waals surface area contributed by atoms with Gasteiger partial charge in [0.15, 0.2) is 0 Å². The van der Waals surface area contributed by atoms with Crippen LogP contribution in [-0.4, -0.2) is 24.3 Å². The van der Waals surface area contributed by atoms with Crippen molar-refractivity contribution in [3.8, 4) is 0 Å². The van der Waals surface area contributed by atoms with E-state index in [0.717, 1.165) is 11.1 Å². The lowest BCUT2D eigenvalue weighted by atomic mass is 10.0. The Balaban J connectivity index is 1.83. The summed E-state index contributed by atoms with van der Waals surface area (Å²) in [5, 5.41) is 15.7. The van der Waals surface area contributed by atoms with Gasteiger partial charge in [0.05, 0.1) is 19.4 Å². The highest BCUT2D eigenvalue weighted by Crippen LogP contribution is 2.19. The number of aliphatic hydroxyl groups is 1. The highest BCUT2D eigenvalue weighted by atomic mass is 16.5. The molecule has 24 heavy (non-hydrogen) atoms. The van der Waals surface area contributed by atoms with E-state index in [2.05, 4.69) is 10.6 Å². The molecule has 0 saturated heterocycles. The van der Waals surface area contributed by atoms with Crippen LogP contribution >= 0.6 is 0 Å². The fourth-order valence-corrected chi connectivity index (χ4v) is 2.25. The van der Waals surface area contributed by atoms with Gasteiger partial charge in [0.1, 0.15) is 11.4 Å². The predicted octanol–water partition coefficient (Wildman–Crippen LogP) is 2.52. The number of carbonyl (C=O) groups is 1. The van der Waals surface area contributed by atoms with Crippen LogP contribution in [0.4, 0.5) is 4.79 Å². The van der Waals surface area contributed by atoms with Crippen molar-refractivity contribution in [1.29, 1.82) is 0 Å². The monoisotopic (exact) mass is 332 g/mol. The zero-order valence-corrected chi connectivity index (χ0v) is 14.0. The Labute approximate surface area is 141 Å². The maximum Gasteiger partial charge on any atom is 0.315 e. The summed E-state index contributed by atoms with van der Waals surface area (Å²) < 4.78 is 10.6. The second-order valence-electron chi connectivity index (χ2n) is 5.69. The van der Waals surface area contributed by atoms with Gasteiger partial charge in [-0.2, -0.15) is 0 Å². The number of hydrogen-bond acceptors (Lipinski definition) is 4. The highest BCUT2D eigenvalue weighted by Gasteiger charge is 2.26. The number of nitrogens with one attached hydrogen (secondary N) is 2. The van der Waals surface area contributed by atoms with Gasteiger partial charge in [-0.05, 0) is 37.1 Å². The summed E-state index contributed by atoms with van der Waals surface area (Å²) in [6.07, 6.45) is 1.49. The third-order valence-electron chi connectivity index (χ3n) is 3.66. The molecule has 1 heterocycles. The van der Waals surface area contributed by atoms with Crippen LogP contribution in [0, 0.1) is 0 Å². The van der Waals surface area contributed by atoms with E-state index < -0.39 is 5.60 Å². The number of furan rings is 1. The molecule has 130 valence electrons. The van der Waals surface area contributed by atoms with Gasteiger partial charge < -0.3 is 24.9 Å². The predicted molar refractivity (Wildman–Crippen MR) is 90.3 cm³/mol. The van der Waals surface area contributed by atoms with E-state index in [1.165, 1.54) is 6.26 Å². The molecule has 1 unspecified atom stereocenters. The molecule has 3 N–H and O–H groups in total. The lowest BCUT2D eigenvalue weighted by Crippen LogP contribution is -2.43. The Morgan fingerprint density at radius 1 is 1.21 bits per heavy atom. The number of hydrogen-bond donors (Lipinski definition) is 3. The van der Waals surface area contributed by atoms with Gasteiger partial charge in [-0.15, -0.1) is 0 Å². The Morgan fingerprint density at radius 2 is 1.96 bits per heavy atom. The first kappa shape index (κ1) is 18.0. The zero-order valence-electron chi connectivity index (χ0n) is 14.0. The smallest absolute Gasteiger partial charge is 0.315 e. The van der Waals surface area contributed by atoms with Gasteiger partial charge in [-0.1, -0.05) is 24.3 Å². The molecule has 1 aromatic heterocycles. The van der Waals surface area contributed by atoms with Gasteiger partial charge in [-0.3, -0.25) is 0 Å². The zero-order chi connectivity index (χ0) is 17.4. The summed E-state index contributed by atoms with van der Waals surface area (Å²) in [6.45, 7) is 5.13. The van der Waals surface area contributed by atoms with Crippen LogP contribution in [0.5, 0.6) is 0 Å². The molecule has 0 aliphatic carbocycles. The highest BCUT2D eigenvalue weighted by molar-refractivity contribution is 5.74. The average molecular weight is 332 g/mol. The van der Waals surface area contributed by atoms with E-state index in [-0.39, 0.29) is 12.6 Å². The molecular formula is C18H24N2O4. The van der Waals surface area contributed by atoms with Gasteiger partial charge in [-0.25, -0.2) is 4.79 Å². The molecule has 0 bridgehead atoms. The molecule has 6 nitrogen and oxygen atoms in total. The van der Waals surface area contributed by atoms with Gasteiger partial charge >= 0.3 is 6.03 Å². The quantitative estimate of drug-likeness (QED) is 0.693. The molecule has 0 fully saturated rings. The average Bonchev–Trinajstić information content (AvgIpc) is 3.12. The summed E-state index contributed by atoms with van der Waals surface area (Å²) in [5.74, 6) is 0.407. The molecule has 1 aromatic carbocycles. The largest absolute Gasteiger partial charge is 0.466 e. The van der Waals surface area contributed by atoms with Crippen molar-refractivity contribution in [2.24, 2.45) is 0 Å². The van der Waals surface area contributed by atoms with Crippen molar-refractivity contribution in [3.63, 3.8) is 0 Å². The molecular weight excluding hydrogens is 308 g/mol. The van der Waals surface area contributed by atoms with Crippen LogP contribution in [-0.2, 0) is 23.5 Å². The van der Waals surface area contributed by atoms with Gasteiger partial charge in [0.25, 0.3) is 0 Å². The van der Waals surface area contributed by atoms with E-state index in [1.807, 2.05) is 31.2 Å². The number of rotatable bonds is 8. The van der Waals surface area contributed by atoms with Crippen molar-refractivity contribution in [1.82, 2.24) is 10.6 Å². The summed E-state index contributed by atoms with van der Waals surface area (Å²) >= 11 is 0. The maximum atomic E-state index is 12.0. The Hall–Kier alpha value is -2.31. The first-order chi connectivity index (χ1) is 11.5. The lowest BCUT2D eigenvalue weighted by Gasteiger charge is -2.21. The van der Waals surface area contributed by atoms with Gasteiger partial charge in [0.2, 0.25) is 0 Å². The van der Waals surface area contributed by atoms with Crippen molar-refractivity contribution in [2.45, 2.75) is 32.6 Å². The molecule has 6 heteroatoms. The Kier molecular flexibility index (Phi) is 6.40. The van der Waals surface area contributed by atoms with Crippen molar-refractivity contribution >= 4 is 6.03 Å². The molecule has 0 radical (unpaired) electrons. The number of amides is 2. The summed E-state index contributed by atoms with van der Waals surface area (Å²) in [6, 6.07) is 10.8. The van der Waals surface area contributed by atoms with Crippen LogP contribution < -0.4 is 10.6 Å². The van der Waals surface area contributed by atoms with Crippen molar-refractivity contribution in [2.75, 3.05) is 13.2 Å². The van der Waals surface area contributed by atoms with Gasteiger partial charge in [0, 0.05) is 13.2 Å². The minimum absolute atomic E-state index is 0.0486. The maximum absolute atomic E-state index is 12.0. The first-order valence-corrected chi connectivity index (χ1v) is 7.95. The van der Waals surface area contributed by atoms with E-state index in [0.29, 0.717) is 25.5 Å². The molecule has 0 saturated carbocycles. The second kappa shape index (κ2) is 8.52. The SMILES string of the molecule is CCOCc1ccccc1CNC(=O)NCC(C)(O)c1ccco1. The van der Waals surface area contributed by atoms with Crippen molar-refractivity contribution in [3.05, 3.63) is 59.5 Å². The minimum Gasteiger partial charge on any atom is -0.466 e. The number of carbonyl (C=O) groups excluding carboxylic acids is 1. The Bertz CT molecular complexity index is 638. The molecule has 1 atom stereocenters. The molecule has 0 aliphatic heterocycles. The van der Waals surface area contributed by atoms with Crippen molar-refractivity contribution < 1.29 is 19.1 Å². The Morgan fingerprint density at radius 3 is 2.62 bits per heavy atom. The van der Waals surface area contributed by atoms with E-state index in [1.54, 1.807) is 19.1 Å². The molecule has 2 amide bonds. The molecule has 0 spiro atoms. The molecule has 2 aromatic rings. The van der Waals surface area contributed by atoms with E-state index in [9.17, 15) is 9.90 Å². The molecule has 2 rings (SSSR count). The second-order valence-corrected chi connectivity index (χ2v) is 5.69. The van der Waals surface area contributed by atoms with E-state index in [4.69, 9.17) is 9.15 Å². The topological polar surface area (TPSA) is 83.7 Å². The molecule has 0 aliphatic rings. The van der Waals surface area contributed by atoms with E-state index >= 15 is 0 Å². The number of benzene rings is 1. The number of ether oxygens (including phenoxy) is 1. The lowest BCUT2D eigenvalue weighted by molar-refractivity contribution is 0.0367. The standard InChI is InChI=1S/C18H24N2O4/c1-3-23-12-15-8-5-4-7-14(15)11-19-17(21)20-13-18(2,22)16-9-6-10-24-16/h4-10,22H,3,11-13H2,1-2H3,(H2,19,20,21). The van der Waals surface area contributed by atoms with Crippen LogP contribution in [0.3, 0.4) is 0 Å². The third-order valence-corrected chi connectivity index (χ3v) is 3.66. The summed E-state index contributed by atoms with van der Waals surface area (Å²) in [5.41, 5.74) is 0.786. The van der Waals surface area contributed by atoms with Crippen LogP contribution in [0.15, 0.2) is 47.1 Å². The van der Waals surface area contributed by atoms with Crippen LogP contribution in [0.25, 0.3) is 0 Å². The van der Waals surface area contributed by atoms with Crippen LogP contribution in [0.1, 0.15) is 30.7 Å². The summed E-state index contributed by atoms with van der Waals surface area (Å²) in [7, 11) is 0.